The van der Waals surface area contributed by atoms with E-state index in [2.05, 4.69) is 13.0 Å². The van der Waals surface area contributed by atoms with Crippen LogP contribution in [0.2, 0.25) is 0 Å². The van der Waals surface area contributed by atoms with Crippen LogP contribution in [0.25, 0.3) is 0 Å². The molecule has 0 N–H and O–H groups in total. The molecule has 0 spiro atoms. The van der Waals surface area contributed by atoms with Crippen molar-refractivity contribution in [1.29, 1.82) is 0 Å². The van der Waals surface area contributed by atoms with Crippen LogP contribution < -0.4 is 4.74 Å². The van der Waals surface area contributed by atoms with Gasteiger partial charge in [-0.1, -0.05) is 31.2 Å². The van der Waals surface area contributed by atoms with Gasteiger partial charge >= 0.3 is 0 Å². The summed E-state index contributed by atoms with van der Waals surface area (Å²) in [4.78, 5) is 10.7. The number of allylic oxidation sites excluding steroid dienone is 1. The quantitative estimate of drug-likeness (QED) is 0.544. The Balaban J connectivity index is 2.68. The number of carbonyl (C=O) groups is 1. The molecule has 0 saturated heterocycles. The monoisotopic (exact) mass is 204 g/mol. The zero-order chi connectivity index (χ0) is 11.1. The lowest BCUT2D eigenvalue weighted by Crippen LogP contribution is -1.97. The van der Waals surface area contributed by atoms with Gasteiger partial charge in [-0.25, -0.2) is 0 Å². The second kappa shape index (κ2) is 6.02. The minimum Gasteiger partial charge on any atom is -0.489 e. The number of aldehydes is 1. The zero-order valence-corrected chi connectivity index (χ0v) is 9.19. The summed E-state index contributed by atoms with van der Waals surface area (Å²) in [7, 11) is 0. The molecule has 0 radical (unpaired) electrons. The summed E-state index contributed by atoms with van der Waals surface area (Å²) >= 11 is 0. The van der Waals surface area contributed by atoms with Gasteiger partial charge in [0.15, 0.2) is 0 Å². The molecule has 0 aliphatic heterocycles. The minimum atomic E-state index is 0.553. The van der Waals surface area contributed by atoms with Crippen molar-refractivity contribution in [2.24, 2.45) is 0 Å². The van der Waals surface area contributed by atoms with Crippen LogP contribution in [0, 0.1) is 6.92 Å². The van der Waals surface area contributed by atoms with E-state index in [1.54, 1.807) is 6.07 Å². The van der Waals surface area contributed by atoms with Gasteiger partial charge in [0.1, 0.15) is 18.6 Å². The van der Waals surface area contributed by atoms with Gasteiger partial charge in [-0.05, 0) is 19.4 Å². The van der Waals surface area contributed by atoms with Crippen molar-refractivity contribution in [3.05, 3.63) is 41.5 Å². The molecular weight excluding hydrogens is 188 g/mol. The Labute approximate surface area is 90.6 Å². The number of hydrogen-bond acceptors (Lipinski definition) is 2. The SMILES string of the molecule is CC/C=C\COc1cccc(C=O)c1C. The molecule has 0 fully saturated rings. The molecule has 1 rings (SSSR count). The highest BCUT2D eigenvalue weighted by Gasteiger charge is 2.02. The topological polar surface area (TPSA) is 26.3 Å². The van der Waals surface area contributed by atoms with Crippen LogP contribution in [0.5, 0.6) is 5.75 Å². The van der Waals surface area contributed by atoms with Crippen molar-refractivity contribution in [2.75, 3.05) is 6.61 Å². The molecule has 0 atom stereocenters. The molecule has 0 amide bonds. The van der Waals surface area contributed by atoms with Gasteiger partial charge in [0.2, 0.25) is 0 Å². The fourth-order valence-electron chi connectivity index (χ4n) is 1.29. The third kappa shape index (κ3) is 3.24. The van der Waals surface area contributed by atoms with Crippen LogP contribution in [0.3, 0.4) is 0 Å². The van der Waals surface area contributed by atoms with E-state index in [-0.39, 0.29) is 0 Å². The van der Waals surface area contributed by atoms with Crippen LogP contribution in [0.4, 0.5) is 0 Å². The smallest absolute Gasteiger partial charge is 0.150 e. The summed E-state index contributed by atoms with van der Waals surface area (Å²) < 4.78 is 5.54. The van der Waals surface area contributed by atoms with Crippen LogP contribution >= 0.6 is 0 Å². The highest BCUT2D eigenvalue weighted by atomic mass is 16.5. The summed E-state index contributed by atoms with van der Waals surface area (Å²) in [6, 6.07) is 5.49. The Morgan fingerprint density at radius 3 is 2.80 bits per heavy atom. The Morgan fingerprint density at radius 2 is 2.13 bits per heavy atom. The van der Waals surface area contributed by atoms with Gasteiger partial charge in [-0.2, -0.15) is 0 Å². The molecule has 1 aromatic carbocycles. The highest BCUT2D eigenvalue weighted by Crippen LogP contribution is 2.19. The Bertz CT molecular complexity index is 354. The summed E-state index contributed by atoms with van der Waals surface area (Å²) in [5.41, 5.74) is 1.59. The van der Waals surface area contributed by atoms with Gasteiger partial charge < -0.3 is 4.74 Å². The molecule has 2 heteroatoms. The van der Waals surface area contributed by atoms with E-state index in [4.69, 9.17) is 4.74 Å². The van der Waals surface area contributed by atoms with Crippen molar-refractivity contribution >= 4 is 6.29 Å². The first-order valence-corrected chi connectivity index (χ1v) is 5.12. The Hall–Kier alpha value is -1.57. The van der Waals surface area contributed by atoms with E-state index >= 15 is 0 Å². The summed E-state index contributed by atoms with van der Waals surface area (Å²) in [5, 5.41) is 0. The van der Waals surface area contributed by atoms with E-state index in [1.807, 2.05) is 25.1 Å². The largest absolute Gasteiger partial charge is 0.489 e. The summed E-state index contributed by atoms with van der Waals surface area (Å²) in [6.45, 7) is 4.52. The van der Waals surface area contributed by atoms with Crippen molar-refractivity contribution in [3.63, 3.8) is 0 Å². The molecule has 15 heavy (non-hydrogen) atoms. The van der Waals surface area contributed by atoms with E-state index in [0.29, 0.717) is 12.2 Å². The number of hydrogen-bond donors (Lipinski definition) is 0. The molecule has 0 aromatic heterocycles. The maximum Gasteiger partial charge on any atom is 0.150 e. The van der Waals surface area contributed by atoms with Crippen LogP contribution in [-0.2, 0) is 0 Å². The number of benzene rings is 1. The first kappa shape index (κ1) is 11.5. The van der Waals surface area contributed by atoms with Crippen molar-refractivity contribution < 1.29 is 9.53 Å². The van der Waals surface area contributed by atoms with Gasteiger partial charge in [-0.3, -0.25) is 4.79 Å². The van der Waals surface area contributed by atoms with Crippen molar-refractivity contribution in [1.82, 2.24) is 0 Å². The maximum atomic E-state index is 10.7. The van der Waals surface area contributed by atoms with Crippen LogP contribution in [0.15, 0.2) is 30.4 Å². The molecule has 0 heterocycles. The second-order valence-electron chi connectivity index (χ2n) is 3.28. The lowest BCUT2D eigenvalue weighted by molar-refractivity contribution is 0.112. The van der Waals surface area contributed by atoms with Crippen molar-refractivity contribution in [2.45, 2.75) is 20.3 Å². The predicted molar refractivity (Wildman–Crippen MR) is 61.5 cm³/mol. The van der Waals surface area contributed by atoms with Gasteiger partial charge in [0, 0.05) is 11.1 Å². The number of carbonyl (C=O) groups excluding carboxylic acids is 1. The summed E-state index contributed by atoms with van der Waals surface area (Å²) in [5.74, 6) is 0.778. The van der Waals surface area contributed by atoms with Crippen LogP contribution in [0.1, 0.15) is 29.3 Å². The van der Waals surface area contributed by atoms with E-state index in [9.17, 15) is 4.79 Å². The van der Waals surface area contributed by atoms with Crippen LogP contribution in [-0.4, -0.2) is 12.9 Å². The number of rotatable bonds is 5. The predicted octanol–water partition coefficient (Wildman–Crippen LogP) is 3.15. The normalized spacial score (nSPS) is 10.5. The number of ether oxygens (including phenoxy) is 1. The maximum absolute atomic E-state index is 10.7. The Kier molecular flexibility index (Phi) is 4.61. The fourth-order valence-corrected chi connectivity index (χ4v) is 1.29. The highest BCUT2D eigenvalue weighted by molar-refractivity contribution is 5.78. The van der Waals surface area contributed by atoms with Gasteiger partial charge in [0.25, 0.3) is 0 Å². The molecule has 1 aromatic rings. The molecule has 0 bridgehead atoms. The lowest BCUT2D eigenvalue weighted by atomic mass is 10.1. The standard InChI is InChI=1S/C13H16O2/c1-3-4-5-9-15-13-8-6-7-12(10-14)11(13)2/h4-8,10H,3,9H2,1-2H3/b5-4-. The van der Waals surface area contributed by atoms with Gasteiger partial charge in [-0.15, -0.1) is 0 Å². The van der Waals surface area contributed by atoms with E-state index < -0.39 is 0 Å². The molecule has 0 aliphatic carbocycles. The molecule has 0 saturated carbocycles. The third-order valence-corrected chi connectivity index (χ3v) is 2.19. The van der Waals surface area contributed by atoms with E-state index in [1.165, 1.54) is 0 Å². The minimum absolute atomic E-state index is 0.553. The average molecular weight is 204 g/mol. The summed E-state index contributed by atoms with van der Waals surface area (Å²) in [6.07, 6.45) is 5.90. The average Bonchev–Trinajstić information content (AvgIpc) is 2.26. The molecule has 2 nitrogen and oxygen atoms in total. The first-order valence-electron chi connectivity index (χ1n) is 5.12. The second-order valence-corrected chi connectivity index (χ2v) is 3.28. The molecular formula is C13H16O2. The molecule has 0 aliphatic rings. The molecule has 0 unspecified atom stereocenters. The lowest BCUT2D eigenvalue weighted by Gasteiger charge is -2.07. The van der Waals surface area contributed by atoms with E-state index in [0.717, 1.165) is 24.0 Å². The zero-order valence-electron chi connectivity index (χ0n) is 9.19. The van der Waals surface area contributed by atoms with Gasteiger partial charge in [0.05, 0.1) is 0 Å². The fraction of sp³-hybridized carbons (Fsp3) is 0.308. The third-order valence-electron chi connectivity index (χ3n) is 2.19. The van der Waals surface area contributed by atoms with Crippen molar-refractivity contribution in [3.8, 4) is 5.75 Å². The molecule has 80 valence electrons. The first-order chi connectivity index (χ1) is 7.29. The Morgan fingerprint density at radius 1 is 1.33 bits per heavy atom.